The lowest BCUT2D eigenvalue weighted by atomic mass is 9.66. The number of benzene rings is 1. The third kappa shape index (κ3) is 1.15. The third-order valence-corrected chi connectivity index (χ3v) is 3.43. The first-order valence-corrected chi connectivity index (χ1v) is 5.13. The van der Waals surface area contributed by atoms with E-state index in [4.69, 9.17) is 0 Å². The zero-order valence-electron chi connectivity index (χ0n) is 9.27. The van der Waals surface area contributed by atoms with Crippen LogP contribution in [0.3, 0.4) is 0 Å². The van der Waals surface area contributed by atoms with Crippen molar-refractivity contribution in [2.24, 2.45) is 5.41 Å². The maximum Gasteiger partial charge on any atom is 0.157 e. The van der Waals surface area contributed by atoms with Crippen molar-refractivity contribution in [3.05, 3.63) is 41.2 Å². The van der Waals surface area contributed by atoms with E-state index in [0.29, 0.717) is 17.4 Å². The normalized spacial score (nSPS) is 26.8. The summed E-state index contributed by atoms with van der Waals surface area (Å²) in [5, 5.41) is 20.4. The molecule has 0 aromatic heterocycles. The number of rotatable bonds is 1. The van der Waals surface area contributed by atoms with Gasteiger partial charge in [-0.15, -0.1) is 0 Å². The summed E-state index contributed by atoms with van der Waals surface area (Å²) in [6.45, 7) is 3.28. The highest BCUT2D eigenvalue weighted by molar-refractivity contribution is 5.76. The van der Waals surface area contributed by atoms with Gasteiger partial charge in [-0.05, 0) is 31.1 Å². The molecule has 3 nitrogen and oxygen atoms in total. The van der Waals surface area contributed by atoms with Crippen LogP contribution in [-0.4, -0.2) is 16.5 Å². The Morgan fingerprint density at radius 3 is 2.50 bits per heavy atom. The van der Waals surface area contributed by atoms with Gasteiger partial charge in [0.25, 0.3) is 0 Å². The van der Waals surface area contributed by atoms with Gasteiger partial charge in [-0.3, -0.25) is 4.79 Å². The summed E-state index contributed by atoms with van der Waals surface area (Å²) < 4.78 is 0. The molecule has 84 valence electrons. The molecule has 0 radical (unpaired) electrons. The summed E-state index contributed by atoms with van der Waals surface area (Å²) in [5.41, 5.74) is -1.48. The van der Waals surface area contributed by atoms with Crippen molar-refractivity contribution in [2.45, 2.75) is 19.4 Å². The molecule has 0 bridgehead atoms. The van der Waals surface area contributed by atoms with Crippen molar-refractivity contribution in [3.63, 3.8) is 0 Å². The number of aliphatic hydroxyl groups excluding tert-OH is 1. The fourth-order valence-corrected chi connectivity index (χ4v) is 2.04. The molecule has 1 aromatic rings. The van der Waals surface area contributed by atoms with Gasteiger partial charge in [-0.2, -0.15) is 0 Å². The van der Waals surface area contributed by atoms with Gasteiger partial charge < -0.3 is 10.2 Å². The van der Waals surface area contributed by atoms with E-state index in [1.165, 1.54) is 0 Å². The molecule has 0 heterocycles. The largest absolute Gasteiger partial charge is 0.512 e. The van der Waals surface area contributed by atoms with Gasteiger partial charge in [0.2, 0.25) is 0 Å². The zero-order chi connectivity index (χ0) is 12.0. The van der Waals surface area contributed by atoms with Gasteiger partial charge in [0.05, 0.1) is 5.41 Å². The molecule has 16 heavy (non-hydrogen) atoms. The third-order valence-electron chi connectivity index (χ3n) is 3.43. The molecule has 1 aromatic carbocycles. The first-order chi connectivity index (χ1) is 7.43. The maximum absolute atomic E-state index is 11.2. The van der Waals surface area contributed by atoms with Crippen LogP contribution in [0.2, 0.25) is 0 Å². The molecule has 1 unspecified atom stereocenters. The van der Waals surface area contributed by atoms with Crippen molar-refractivity contribution in [1.82, 2.24) is 0 Å². The minimum absolute atomic E-state index is 0.0146. The van der Waals surface area contributed by atoms with Crippen molar-refractivity contribution < 1.29 is 15.0 Å². The average molecular weight is 218 g/mol. The topological polar surface area (TPSA) is 57.5 Å². The average Bonchev–Trinajstić information content (AvgIpc) is 2.27. The van der Waals surface area contributed by atoms with Crippen LogP contribution in [0, 0.1) is 5.41 Å². The number of fused-ring (bicyclic) bond motifs is 1. The smallest absolute Gasteiger partial charge is 0.157 e. The van der Waals surface area contributed by atoms with E-state index in [9.17, 15) is 15.0 Å². The van der Waals surface area contributed by atoms with E-state index in [-0.39, 0.29) is 5.76 Å². The SMILES string of the molecule is CC1(C)C(O)=Cc2ccccc2C1(O)C=O. The Kier molecular flexibility index (Phi) is 2.17. The minimum atomic E-state index is -1.68. The van der Waals surface area contributed by atoms with Gasteiger partial charge >= 0.3 is 0 Å². The van der Waals surface area contributed by atoms with Crippen molar-refractivity contribution in [2.75, 3.05) is 0 Å². The van der Waals surface area contributed by atoms with Gasteiger partial charge in [-0.1, -0.05) is 24.3 Å². The molecular formula is C13H14O3. The Morgan fingerprint density at radius 1 is 1.25 bits per heavy atom. The highest BCUT2D eigenvalue weighted by Crippen LogP contribution is 2.47. The number of carbonyl (C=O) groups is 1. The molecule has 2 N–H and O–H groups in total. The van der Waals surface area contributed by atoms with Crippen LogP contribution in [0.4, 0.5) is 0 Å². The first kappa shape index (κ1) is 10.9. The minimum Gasteiger partial charge on any atom is -0.512 e. The Balaban J connectivity index is 2.78. The first-order valence-electron chi connectivity index (χ1n) is 5.13. The molecular weight excluding hydrogens is 204 g/mol. The molecule has 0 saturated carbocycles. The second-order valence-electron chi connectivity index (χ2n) is 4.63. The van der Waals surface area contributed by atoms with Crippen LogP contribution >= 0.6 is 0 Å². The second-order valence-corrected chi connectivity index (χ2v) is 4.63. The molecule has 3 heteroatoms. The van der Waals surface area contributed by atoms with E-state index in [1.54, 1.807) is 44.2 Å². The lowest BCUT2D eigenvalue weighted by molar-refractivity contribution is -0.138. The van der Waals surface area contributed by atoms with E-state index in [1.807, 2.05) is 0 Å². The summed E-state index contributed by atoms with van der Waals surface area (Å²) in [7, 11) is 0. The van der Waals surface area contributed by atoms with E-state index >= 15 is 0 Å². The highest BCUT2D eigenvalue weighted by atomic mass is 16.3. The maximum atomic E-state index is 11.2. The summed E-state index contributed by atoms with van der Waals surface area (Å²) in [4.78, 5) is 11.2. The van der Waals surface area contributed by atoms with Crippen LogP contribution in [0.5, 0.6) is 0 Å². The van der Waals surface area contributed by atoms with Gasteiger partial charge in [0.15, 0.2) is 11.9 Å². The summed E-state index contributed by atoms with van der Waals surface area (Å²) >= 11 is 0. The molecule has 2 rings (SSSR count). The fourth-order valence-electron chi connectivity index (χ4n) is 2.04. The Morgan fingerprint density at radius 2 is 1.88 bits per heavy atom. The molecule has 0 aliphatic heterocycles. The quantitative estimate of drug-likeness (QED) is 0.709. The van der Waals surface area contributed by atoms with Crippen LogP contribution < -0.4 is 0 Å². The Hall–Kier alpha value is -1.61. The van der Waals surface area contributed by atoms with Crippen LogP contribution in [0.25, 0.3) is 6.08 Å². The molecule has 1 aliphatic rings. The predicted octanol–water partition coefficient (Wildman–Crippen LogP) is 2.01. The van der Waals surface area contributed by atoms with Crippen molar-refractivity contribution in [1.29, 1.82) is 0 Å². The number of aliphatic hydroxyl groups is 2. The van der Waals surface area contributed by atoms with E-state index < -0.39 is 11.0 Å². The highest BCUT2D eigenvalue weighted by Gasteiger charge is 2.51. The Bertz CT molecular complexity index is 474. The number of hydrogen-bond donors (Lipinski definition) is 2. The fraction of sp³-hybridized carbons (Fsp3) is 0.308. The predicted molar refractivity (Wildman–Crippen MR) is 60.8 cm³/mol. The standard InChI is InChI=1S/C13H14O3/c1-12(2)11(15)7-9-5-3-4-6-10(9)13(12,16)8-14/h3-8,15-16H,1-2H3. The molecule has 0 spiro atoms. The summed E-state index contributed by atoms with van der Waals surface area (Å²) in [6, 6.07) is 7.02. The van der Waals surface area contributed by atoms with Crippen molar-refractivity contribution >= 4 is 12.4 Å². The molecule has 1 aliphatic carbocycles. The lowest BCUT2D eigenvalue weighted by Gasteiger charge is -2.42. The van der Waals surface area contributed by atoms with Gasteiger partial charge in [-0.25, -0.2) is 0 Å². The van der Waals surface area contributed by atoms with Gasteiger partial charge in [0, 0.05) is 0 Å². The monoisotopic (exact) mass is 218 g/mol. The van der Waals surface area contributed by atoms with Crippen LogP contribution in [0.15, 0.2) is 30.0 Å². The number of hydrogen-bond acceptors (Lipinski definition) is 3. The molecule has 0 amide bonds. The number of carbonyl (C=O) groups excluding carboxylic acids is 1. The van der Waals surface area contributed by atoms with Crippen LogP contribution in [-0.2, 0) is 10.4 Å². The Labute approximate surface area is 94.0 Å². The van der Waals surface area contributed by atoms with Gasteiger partial charge in [0.1, 0.15) is 5.76 Å². The van der Waals surface area contributed by atoms with Crippen LogP contribution in [0.1, 0.15) is 25.0 Å². The summed E-state index contributed by atoms with van der Waals surface area (Å²) in [6.07, 6.45) is 2.09. The van der Waals surface area contributed by atoms with E-state index in [0.717, 1.165) is 0 Å². The molecule has 0 saturated heterocycles. The molecule has 1 atom stereocenters. The zero-order valence-corrected chi connectivity index (χ0v) is 9.27. The van der Waals surface area contributed by atoms with Crippen molar-refractivity contribution in [3.8, 4) is 0 Å². The summed E-state index contributed by atoms with van der Waals surface area (Å²) in [5.74, 6) is 0.0146. The van der Waals surface area contributed by atoms with E-state index in [2.05, 4.69) is 0 Å². The number of aldehydes is 1. The molecule has 0 fully saturated rings. The lowest BCUT2D eigenvalue weighted by Crippen LogP contribution is -2.47. The second kappa shape index (κ2) is 3.19.